The number of hydrogen-bond donors (Lipinski definition) is 3. The zero-order valence-electron chi connectivity index (χ0n) is 21.1. The van der Waals surface area contributed by atoms with Crippen LogP contribution in [0.4, 0.5) is 0 Å². The molecule has 3 unspecified atom stereocenters. The summed E-state index contributed by atoms with van der Waals surface area (Å²) in [4.78, 5) is 27.5. The largest absolute Gasteiger partial charge is 0.319 e. The van der Waals surface area contributed by atoms with Gasteiger partial charge in [-0.05, 0) is 104 Å². The van der Waals surface area contributed by atoms with E-state index in [0.29, 0.717) is 30.4 Å². The molecule has 0 spiro atoms. The molecule has 0 aliphatic carbocycles. The van der Waals surface area contributed by atoms with Crippen LogP contribution in [0.1, 0.15) is 64.7 Å². The van der Waals surface area contributed by atoms with Crippen molar-refractivity contribution >= 4 is 20.1 Å². The molecule has 1 saturated heterocycles. The number of ketones is 2. The molecule has 3 N–H and O–H groups in total. The summed E-state index contributed by atoms with van der Waals surface area (Å²) in [7, 11) is 5.17. The molecular weight excluding hydrogens is 419 g/mol. The van der Waals surface area contributed by atoms with E-state index in [1.165, 1.54) is 38.0 Å². The van der Waals surface area contributed by atoms with Crippen LogP contribution >= 0.6 is 8.58 Å². The number of Topliss-reactive ketones (excluding diaryl/α,β-unsaturated/α-hetero) is 2. The molecule has 1 heterocycles. The van der Waals surface area contributed by atoms with Crippen molar-refractivity contribution in [1.29, 1.82) is 0 Å². The van der Waals surface area contributed by atoms with Gasteiger partial charge in [0.1, 0.15) is 11.6 Å². The first kappa shape index (κ1) is 29.6. The number of hydrogen-bond acceptors (Lipinski definition) is 6. The second-order valence-corrected chi connectivity index (χ2v) is 10.9. The molecule has 188 valence electrons. The summed E-state index contributed by atoms with van der Waals surface area (Å²) in [6.45, 7) is 8.13. The Hall–Kier alpha value is -0.390. The Morgan fingerprint density at radius 3 is 2.72 bits per heavy atom. The van der Waals surface area contributed by atoms with Crippen LogP contribution in [0.5, 0.6) is 0 Å². The SMILES string of the molecule is CCNCC(=O)C1CCNCCCC(=O)CC(CNC)CPCCCCCCN(C)CC1. The molecular formula is C25H51N4O2P. The summed E-state index contributed by atoms with van der Waals surface area (Å²) in [5.74, 6) is 1.35. The summed E-state index contributed by atoms with van der Waals surface area (Å²) in [5, 5.41) is 9.95. The Bertz CT molecular complexity index is 493. The van der Waals surface area contributed by atoms with Gasteiger partial charge in [-0.15, -0.1) is 8.58 Å². The van der Waals surface area contributed by atoms with Crippen molar-refractivity contribution < 1.29 is 9.59 Å². The number of carbonyl (C=O) groups excluding carboxylic acids is 2. The highest BCUT2D eigenvalue weighted by atomic mass is 31.1. The molecule has 3 atom stereocenters. The molecule has 1 aliphatic rings. The highest BCUT2D eigenvalue weighted by Crippen LogP contribution is 2.21. The first-order valence-electron chi connectivity index (χ1n) is 13.1. The van der Waals surface area contributed by atoms with Crippen molar-refractivity contribution in [2.45, 2.75) is 64.7 Å². The number of nitrogens with zero attached hydrogens (tertiary/aromatic N) is 1. The topological polar surface area (TPSA) is 73.5 Å². The van der Waals surface area contributed by atoms with Gasteiger partial charge < -0.3 is 20.9 Å². The lowest BCUT2D eigenvalue weighted by Crippen LogP contribution is -2.33. The van der Waals surface area contributed by atoms with Crippen LogP contribution < -0.4 is 16.0 Å². The van der Waals surface area contributed by atoms with Gasteiger partial charge in [0.05, 0.1) is 6.54 Å². The smallest absolute Gasteiger partial charge is 0.149 e. The highest BCUT2D eigenvalue weighted by molar-refractivity contribution is 7.37. The fourth-order valence-electron chi connectivity index (χ4n) is 4.38. The van der Waals surface area contributed by atoms with Crippen LogP contribution in [0.3, 0.4) is 0 Å². The van der Waals surface area contributed by atoms with Crippen molar-refractivity contribution in [3.8, 4) is 0 Å². The number of carbonyl (C=O) groups is 2. The maximum absolute atomic E-state index is 12.7. The average molecular weight is 471 g/mol. The van der Waals surface area contributed by atoms with Crippen molar-refractivity contribution in [2.75, 3.05) is 72.2 Å². The summed E-state index contributed by atoms with van der Waals surface area (Å²) < 4.78 is 0. The molecule has 7 heteroatoms. The summed E-state index contributed by atoms with van der Waals surface area (Å²) in [6.07, 6.45) is 11.8. The fraction of sp³-hybridized carbons (Fsp3) is 0.920. The van der Waals surface area contributed by atoms with E-state index < -0.39 is 0 Å². The molecule has 0 aromatic carbocycles. The van der Waals surface area contributed by atoms with E-state index >= 15 is 0 Å². The van der Waals surface area contributed by atoms with E-state index in [-0.39, 0.29) is 5.92 Å². The molecule has 0 saturated carbocycles. The van der Waals surface area contributed by atoms with Gasteiger partial charge >= 0.3 is 0 Å². The van der Waals surface area contributed by atoms with Gasteiger partial charge in [-0.3, -0.25) is 9.59 Å². The van der Waals surface area contributed by atoms with Gasteiger partial charge in [0, 0.05) is 18.8 Å². The molecule has 0 aromatic heterocycles. The van der Waals surface area contributed by atoms with Crippen molar-refractivity contribution in [1.82, 2.24) is 20.9 Å². The van der Waals surface area contributed by atoms with Crippen LogP contribution in [-0.2, 0) is 9.59 Å². The minimum Gasteiger partial charge on any atom is -0.319 e. The van der Waals surface area contributed by atoms with E-state index in [2.05, 4.69) is 27.9 Å². The normalized spacial score (nSPS) is 25.9. The van der Waals surface area contributed by atoms with E-state index in [1.54, 1.807) is 0 Å². The molecule has 1 aliphatic heterocycles. The van der Waals surface area contributed by atoms with Crippen LogP contribution in [0.15, 0.2) is 0 Å². The first-order chi connectivity index (χ1) is 15.6. The van der Waals surface area contributed by atoms with Gasteiger partial charge in [0.25, 0.3) is 0 Å². The third-order valence-electron chi connectivity index (χ3n) is 6.43. The molecule has 32 heavy (non-hydrogen) atoms. The van der Waals surface area contributed by atoms with Crippen LogP contribution in [0.2, 0.25) is 0 Å². The summed E-state index contributed by atoms with van der Waals surface area (Å²) in [5.41, 5.74) is 0. The standard InChI is InChI=1S/C25H51N4O2P/c1-4-27-20-25(31)23-11-14-28-13-9-10-24(30)18-22(19-26-2)21-32-17-8-6-5-7-15-29(3)16-12-23/h22-23,26-28,32H,4-21H2,1-3H3. The molecule has 0 amide bonds. The fourth-order valence-corrected chi connectivity index (χ4v) is 5.78. The average Bonchev–Trinajstić information content (AvgIpc) is 2.77. The molecule has 6 nitrogen and oxygen atoms in total. The molecule has 0 radical (unpaired) electrons. The second kappa shape index (κ2) is 20.0. The van der Waals surface area contributed by atoms with Gasteiger partial charge in [-0.1, -0.05) is 19.8 Å². The maximum atomic E-state index is 12.7. The summed E-state index contributed by atoms with van der Waals surface area (Å²) in [6, 6.07) is 0. The van der Waals surface area contributed by atoms with E-state index in [0.717, 1.165) is 73.5 Å². The first-order valence-corrected chi connectivity index (χ1v) is 14.5. The number of likely N-dealkylation sites (N-methyl/N-ethyl adjacent to an activating group) is 1. The molecule has 0 bridgehead atoms. The third kappa shape index (κ3) is 15.4. The predicted octanol–water partition coefficient (Wildman–Crippen LogP) is 2.91. The van der Waals surface area contributed by atoms with Crippen LogP contribution in [0, 0.1) is 11.8 Å². The van der Waals surface area contributed by atoms with Gasteiger partial charge in [0.15, 0.2) is 0 Å². The quantitative estimate of drug-likeness (QED) is 0.519. The third-order valence-corrected chi connectivity index (χ3v) is 8.00. The summed E-state index contributed by atoms with van der Waals surface area (Å²) >= 11 is 0. The van der Waals surface area contributed by atoms with E-state index in [9.17, 15) is 9.59 Å². The van der Waals surface area contributed by atoms with Crippen molar-refractivity contribution in [2.24, 2.45) is 11.8 Å². The number of rotatable bonds is 6. The Morgan fingerprint density at radius 2 is 1.94 bits per heavy atom. The van der Waals surface area contributed by atoms with Gasteiger partial charge in [0.2, 0.25) is 0 Å². The monoisotopic (exact) mass is 470 g/mol. The molecule has 1 rings (SSSR count). The van der Waals surface area contributed by atoms with E-state index in [1.807, 2.05) is 14.0 Å². The Balaban J connectivity index is 2.56. The highest BCUT2D eigenvalue weighted by Gasteiger charge is 2.18. The lowest BCUT2D eigenvalue weighted by Gasteiger charge is -2.21. The maximum Gasteiger partial charge on any atom is 0.149 e. The zero-order valence-corrected chi connectivity index (χ0v) is 22.1. The lowest BCUT2D eigenvalue weighted by atomic mass is 9.95. The Labute approximate surface area is 199 Å². The predicted molar refractivity (Wildman–Crippen MR) is 139 cm³/mol. The van der Waals surface area contributed by atoms with Gasteiger partial charge in [-0.25, -0.2) is 0 Å². The minimum atomic E-state index is 0.114. The lowest BCUT2D eigenvalue weighted by molar-refractivity contribution is -0.122. The minimum absolute atomic E-state index is 0.114. The van der Waals surface area contributed by atoms with Crippen LogP contribution in [-0.4, -0.2) is 88.7 Å². The number of nitrogens with one attached hydrogen (secondary N) is 3. The van der Waals surface area contributed by atoms with Crippen LogP contribution in [0.25, 0.3) is 0 Å². The Kier molecular flexibility index (Phi) is 18.5. The van der Waals surface area contributed by atoms with Crippen molar-refractivity contribution in [3.63, 3.8) is 0 Å². The Morgan fingerprint density at radius 1 is 1.12 bits per heavy atom. The van der Waals surface area contributed by atoms with Gasteiger partial charge in [-0.2, -0.15) is 0 Å². The second-order valence-electron chi connectivity index (χ2n) is 9.46. The van der Waals surface area contributed by atoms with E-state index in [4.69, 9.17) is 0 Å². The van der Waals surface area contributed by atoms with Crippen molar-refractivity contribution in [3.05, 3.63) is 0 Å². The molecule has 0 aromatic rings. The zero-order chi connectivity index (χ0) is 23.4. The molecule has 1 fully saturated rings.